The summed E-state index contributed by atoms with van der Waals surface area (Å²) in [4.78, 5) is 17.0. The standard InChI is InChI=1S/C25H14Cl3N3O3S/c26-14-6-9-20-18(12-14)30-24(34-20)13-4-7-15(8-5-13)29-25(35)31-23(32)21-11-10-19(33-21)16-2-1-3-17(27)22(16)28/h1-12H,(H2,29,31,32,35). The Morgan fingerprint density at radius 2 is 1.71 bits per heavy atom. The van der Waals surface area contributed by atoms with Crippen molar-refractivity contribution < 1.29 is 13.6 Å². The molecule has 0 saturated carbocycles. The van der Waals surface area contributed by atoms with Crippen LogP contribution in [0.5, 0.6) is 0 Å². The summed E-state index contributed by atoms with van der Waals surface area (Å²) in [5, 5.41) is 6.99. The van der Waals surface area contributed by atoms with Crippen molar-refractivity contribution in [3.05, 3.63) is 93.6 Å². The Kier molecular flexibility index (Phi) is 6.49. The van der Waals surface area contributed by atoms with Gasteiger partial charge in [0.1, 0.15) is 11.3 Å². The molecule has 35 heavy (non-hydrogen) atoms. The van der Waals surface area contributed by atoms with Gasteiger partial charge in [0.15, 0.2) is 16.5 Å². The van der Waals surface area contributed by atoms with Crippen molar-refractivity contribution >= 4 is 74.8 Å². The number of carbonyl (C=O) groups excluding carboxylic acids is 1. The van der Waals surface area contributed by atoms with Gasteiger partial charge in [0.2, 0.25) is 5.89 Å². The Morgan fingerprint density at radius 1 is 0.914 bits per heavy atom. The zero-order valence-corrected chi connectivity index (χ0v) is 20.7. The van der Waals surface area contributed by atoms with Gasteiger partial charge >= 0.3 is 0 Å². The van der Waals surface area contributed by atoms with Crippen LogP contribution < -0.4 is 10.6 Å². The maximum absolute atomic E-state index is 12.6. The number of aromatic nitrogens is 1. The molecule has 2 heterocycles. The van der Waals surface area contributed by atoms with E-state index in [1.807, 2.05) is 12.1 Å². The fraction of sp³-hybridized carbons (Fsp3) is 0. The number of carbonyl (C=O) groups is 1. The molecule has 5 aromatic rings. The number of nitrogens with zero attached hydrogens (tertiary/aromatic N) is 1. The highest BCUT2D eigenvalue weighted by Crippen LogP contribution is 2.34. The molecule has 0 atom stereocenters. The van der Waals surface area contributed by atoms with E-state index in [9.17, 15) is 4.79 Å². The summed E-state index contributed by atoms with van der Waals surface area (Å²) >= 11 is 23.6. The van der Waals surface area contributed by atoms with Gasteiger partial charge in [0, 0.05) is 21.8 Å². The minimum absolute atomic E-state index is 0.0756. The number of halogens is 3. The van der Waals surface area contributed by atoms with Crippen LogP contribution in [0, 0.1) is 0 Å². The maximum Gasteiger partial charge on any atom is 0.293 e. The second-order valence-electron chi connectivity index (χ2n) is 7.38. The molecule has 0 bridgehead atoms. The smallest absolute Gasteiger partial charge is 0.293 e. The number of furan rings is 1. The average molecular weight is 543 g/mol. The zero-order valence-electron chi connectivity index (χ0n) is 17.6. The van der Waals surface area contributed by atoms with E-state index in [0.29, 0.717) is 49.1 Å². The van der Waals surface area contributed by atoms with Crippen LogP contribution in [0.2, 0.25) is 15.1 Å². The van der Waals surface area contributed by atoms with Gasteiger partial charge in [0.05, 0.1) is 10.0 Å². The highest BCUT2D eigenvalue weighted by Gasteiger charge is 2.16. The SMILES string of the molecule is O=C(NC(=S)Nc1ccc(-c2nc3cc(Cl)ccc3o2)cc1)c1ccc(-c2cccc(Cl)c2Cl)o1. The third-order valence-electron chi connectivity index (χ3n) is 5.01. The predicted octanol–water partition coefficient (Wildman–Crippen LogP) is 7.84. The van der Waals surface area contributed by atoms with Crippen molar-refractivity contribution in [2.75, 3.05) is 5.32 Å². The normalized spacial score (nSPS) is 10.9. The van der Waals surface area contributed by atoms with Crippen LogP contribution >= 0.6 is 47.0 Å². The summed E-state index contributed by atoms with van der Waals surface area (Å²) in [7, 11) is 0. The van der Waals surface area contributed by atoms with Crippen LogP contribution in [0.15, 0.2) is 81.6 Å². The van der Waals surface area contributed by atoms with E-state index in [4.69, 9.17) is 55.9 Å². The number of amides is 1. The van der Waals surface area contributed by atoms with E-state index in [0.717, 1.165) is 5.56 Å². The first-order chi connectivity index (χ1) is 16.9. The molecule has 0 radical (unpaired) electrons. The summed E-state index contributed by atoms with van der Waals surface area (Å²) in [6.07, 6.45) is 0. The van der Waals surface area contributed by atoms with Gasteiger partial charge < -0.3 is 14.2 Å². The van der Waals surface area contributed by atoms with Crippen LogP contribution in [-0.4, -0.2) is 16.0 Å². The van der Waals surface area contributed by atoms with Crippen molar-refractivity contribution in [1.82, 2.24) is 10.3 Å². The molecule has 0 spiro atoms. The molecule has 10 heteroatoms. The van der Waals surface area contributed by atoms with Crippen molar-refractivity contribution in [3.8, 4) is 22.8 Å². The third kappa shape index (κ3) is 5.04. The number of hydrogen-bond acceptors (Lipinski definition) is 5. The Hall–Kier alpha value is -3.36. The van der Waals surface area contributed by atoms with Gasteiger partial charge in [0.25, 0.3) is 5.91 Å². The number of anilines is 1. The summed E-state index contributed by atoms with van der Waals surface area (Å²) < 4.78 is 11.4. The Bertz CT molecular complexity index is 1580. The van der Waals surface area contributed by atoms with Gasteiger partial charge in [-0.2, -0.15) is 0 Å². The molecule has 3 aromatic carbocycles. The number of fused-ring (bicyclic) bond motifs is 1. The minimum Gasteiger partial charge on any atom is -0.451 e. The topological polar surface area (TPSA) is 80.3 Å². The lowest BCUT2D eigenvalue weighted by molar-refractivity contribution is 0.0951. The van der Waals surface area contributed by atoms with Gasteiger partial charge in [-0.05, 0) is 78.9 Å². The number of nitrogens with one attached hydrogen (secondary N) is 2. The summed E-state index contributed by atoms with van der Waals surface area (Å²) in [5.41, 5.74) is 3.36. The predicted molar refractivity (Wildman–Crippen MR) is 142 cm³/mol. The molecule has 1 amide bonds. The third-order valence-corrected chi connectivity index (χ3v) is 6.27. The number of oxazole rings is 1. The first-order valence-electron chi connectivity index (χ1n) is 10.2. The number of rotatable bonds is 4. The van der Waals surface area contributed by atoms with Gasteiger partial charge in [-0.1, -0.05) is 40.9 Å². The summed E-state index contributed by atoms with van der Waals surface area (Å²) in [5.74, 6) is 0.456. The summed E-state index contributed by atoms with van der Waals surface area (Å²) in [6, 6.07) is 20.8. The molecule has 0 fully saturated rings. The van der Waals surface area contributed by atoms with Crippen LogP contribution in [0.4, 0.5) is 5.69 Å². The van der Waals surface area contributed by atoms with E-state index in [-0.39, 0.29) is 10.9 Å². The zero-order chi connectivity index (χ0) is 24.5. The van der Waals surface area contributed by atoms with Crippen LogP contribution in [-0.2, 0) is 0 Å². The number of thiocarbonyl (C=S) groups is 1. The lowest BCUT2D eigenvalue weighted by atomic mass is 10.2. The maximum atomic E-state index is 12.6. The summed E-state index contributed by atoms with van der Waals surface area (Å²) in [6.45, 7) is 0. The first kappa shape index (κ1) is 23.4. The Balaban J connectivity index is 1.23. The van der Waals surface area contributed by atoms with E-state index in [2.05, 4.69) is 15.6 Å². The van der Waals surface area contributed by atoms with Crippen molar-refractivity contribution in [1.29, 1.82) is 0 Å². The second-order valence-corrected chi connectivity index (χ2v) is 9.01. The van der Waals surface area contributed by atoms with Crippen molar-refractivity contribution in [2.24, 2.45) is 0 Å². The first-order valence-corrected chi connectivity index (χ1v) is 11.7. The van der Waals surface area contributed by atoms with Crippen LogP contribution in [0.25, 0.3) is 33.9 Å². The molecule has 0 aliphatic rings. The second kappa shape index (κ2) is 9.71. The number of hydrogen-bond donors (Lipinski definition) is 2. The lowest BCUT2D eigenvalue weighted by Gasteiger charge is -2.09. The van der Waals surface area contributed by atoms with E-state index >= 15 is 0 Å². The molecular weight excluding hydrogens is 529 g/mol. The molecule has 174 valence electrons. The van der Waals surface area contributed by atoms with Gasteiger partial charge in [-0.25, -0.2) is 4.98 Å². The molecule has 2 N–H and O–H groups in total. The van der Waals surface area contributed by atoms with Crippen molar-refractivity contribution in [3.63, 3.8) is 0 Å². The van der Waals surface area contributed by atoms with E-state index in [1.165, 1.54) is 6.07 Å². The van der Waals surface area contributed by atoms with Crippen LogP contribution in [0.1, 0.15) is 10.6 Å². The van der Waals surface area contributed by atoms with Crippen LogP contribution in [0.3, 0.4) is 0 Å². The van der Waals surface area contributed by atoms with Crippen molar-refractivity contribution in [2.45, 2.75) is 0 Å². The largest absolute Gasteiger partial charge is 0.451 e. The molecule has 5 rings (SSSR count). The highest BCUT2D eigenvalue weighted by molar-refractivity contribution is 7.80. The molecule has 2 aromatic heterocycles. The molecule has 0 aliphatic heterocycles. The molecule has 6 nitrogen and oxygen atoms in total. The molecule has 0 saturated heterocycles. The fourth-order valence-corrected chi connectivity index (χ4v) is 4.12. The Labute approximate surface area is 219 Å². The molecule has 0 unspecified atom stereocenters. The van der Waals surface area contributed by atoms with E-state index in [1.54, 1.807) is 54.6 Å². The molecular formula is C25H14Cl3N3O3S. The average Bonchev–Trinajstić information content (AvgIpc) is 3.48. The lowest BCUT2D eigenvalue weighted by Crippen LogP contribution is -2.33. The minimum atomic E-state index is -0.506. The monoisotopic (exact) mass is 541 g/mol. The van der Waals surface area contributed by atoms with Gasteiger partial charge in [-0.15, -0.1) is 0 Å². The van der Waals surface area contributed by atoms with Gasteiger partial charge in [-0.3, -0.25) is 10.1 Å². The highest BCUT2D eigenvalue weighted by atomic mass is 35.5. The quantitative estimate of drug-likeness (QED) is 0.225. The van der Waals surface area contributed by atoms with E-state index < -0.39 is 5.91 Å². The number of benzene rings is 3. The fourth-order valence-electron chi connectivity index (χ4n) is 3.35. The Morgan fingerprint density at radius 3 is 2.51 bits per heavy atom. The molecule has 0 aliphatic carbocycles.